The third kappa shape index (κ3) is 2.20. The van der Waals surface area contributed by atoms with Gasteiger partial charge < -0.3 is 9.67 Å². The number of carboxylic acids is 1. The van der Waals surface area contributed by atoms with E-state index >= 15 is 0 Å². The molecule has 1 aliphatic carbocycles. The Kier molecular flexibility index (Phi) is 3.43. The predicted molar refractivity (Wildman–Crippen MR) is 77.8 cm³/mol. The molecule has 2 atom stereocenters. The number of imidazole rings is 1. The van der Waals surface area contributed by atoms with Gasteiger partial charge in [0.2, 0.25) is 0 Å². The molecule has 1 aromatic carbocycles. The predicted octanol–water partition coefficient (Wildman–Crippen LogP) is 3.72. The second kappa shape index (κ2) is 5.13. The van der Waals surface area contributed by atoms with Crippen LogP contribution in [0.5, 0.6) is 0 Å². The molecule has 3 rings (SSSR count). The molecule has 0 bridgehead atoms. The number of aromatic nitrogens is 2. The summed E-state index contributed by atoms with van der Waals surface area (Å²) >= 11 is 0. The Morgan fingerprint density at radius 1 is 1.43 bits per heavy atom. The van der Waals surface area contributed by atoms with E-state index in [0.29, 0.717) is 11.9 Å². The van der Waals surface area contributed by atoms with E-state index in [-0.39, 0.29) is 17.8 Å². The van der Waals surface area contributed by atoms with Crippen LogP contribution in [-0.2, 0) is 4.79 Å². The molecule has 0 aliphatic heterocycles. The maximum Gasteiger partial charge on any atom is 0.307 e. The van der Waals surface area contributed by atoms with Crippen molar-refractivity contribution >= 4 is 17.0 Å². The van der Waals surface area contributed by atoms with Gasteiger partial charge in [0.25, 0.3) is 0 Å². The number of aliphatic carboxylic acids is 1. The number of carboxylic acid groups (broad SMARTS) is 1. The summed E-state index contributed by atoms with van der Waals surface area (Å²) in [5, 5.41) is 9.39. The summed E-state index contributed by atoms with van der Waals surface area (Å²) in [6.45, 7) is 4.03. The maximum absolute atomic E-state index is 14.0. The van der Waals surface area contributed by atoms with E-state index in [1.165, 1.54) is 6.07 Å². The summed E-state index contributed by atoms with van der Waals surface area (Å²) in [7, 11) is 0. The van der Waals surface area contributed by atoms with Crippen LogP contribution in [0.1, 0.15) is 50.9 Å². The van der Waals surface area contributed by atoms with E-state index < -0.39 is 11.9 Å². The van der Waals surface area contributed by atoms with Crippen molar-refractivity contribution in [3.05, 3.63) is 29.8 Å². The molecule has 4 nitrogen and oxygen atoms in total. The number of fused-ring (bicyclic) bond motifs is 1. The highest BCUT2D eigenvalue weighted by molar-refractivity contribution is 5.78. The van der Waals surface area contributed by atoms with Gasteiger partial charge in [-0.1, -0.05) is 12.5 Å². The zero-order chi connectivity index (χ0) is 15.1. The molecule has 2 unspecified atom stereocenters. The molecule has 1 N–H and O–H groups in total. The Bertz CT molecular complexity index is 693. The van der Waals surface area contributed by atoms with Gasteiger partial charge in [0, 0.05) is 12.0 Å². The molecule has 1 heterocycles. The summed E-state index contributed by atoms with van der Waals surface area (Å²) < 4.78 is 16.0. The van der Waals surface area contributed by atoms with Gasteiger partial charge in [-0.05, 0) is 38.8 Å². The standard InChI is InChI=1S/C16H19FN2O2/c1-9(2)19-13-8-4-7-12(17)14(13)18-15(19)10-5-3-6-11(10)16(20)21/h4,7-11H,3,5-6H2,1-2H3,(H,20,21). The van der Waals surface area contributed by atoms with Crippen LogP contribution in [0, 0.1) is 11.7 Å². The molecule has 1 aliphatic rings. The van der Waals surface area contributed by atoms with Crippen molar-refractivity contribution in [2.24, 2.45) is 5.92 Å². The van der Waals surface area contributed by atoms with Gasteiger partial charge in [-0.15, -0.1) is 0 Å². The van der Waals surface area contributed by atoms with Crippen molar-refractivity contribution < 1.29 is 14.3 Å². The topological polar surface area (TPSA) is 55.1 Å². The first-order chi connectivity index (χ1) is 10.0. The quantitative estimate of drug-likeness (QED) is 0.937. The molecule has 0 radical (unpaired) electrons. The monoisotopic (exact) mass is 290 g/mol. The number of nitrogens with zero attached hydrogens (tertiary/aromatic N) is 2. The highest BCUT2D eigenvalue weighted by atomic mass is 19.1. The summed E-state index contributed by atoms with van der Waals surface area (Å²) in [6, 6.07) is 5.03. The second-order valence-electron chi connectivity index (χ2n) is 6.02. The largest absolute Gasteiger partial charge is 0.481 e. The average molecular weight is 290 g/mol. The SMILES string of the molecule is CC(C)n1c(C2CCCC2C(=O)O)nc2c(F)cccc21. The van der Waals surface area contributed by atoms with Crippen molar-refractivity contribution in [3.8, 4) is 0 Å². The third-order valence-electron chi connectivity index (χ3n) is 4.38. The third-order valence-corrected chi connectivity index (χ3v) is 4.38. The van der Waals surface area contributed by atoms with Crippen molar-refractivity contribution in [2.45, 2.75) is 45.1 Å². The van der Waals surface area contributed by atoms with Crippen molar-refractivity contribution in [3.63, 3.8) is 0 Å². The lowest BCUT2D eigenvalue weighted by atomic mass is 9.95. The molecular weight excluding hydrogens is 271 g/mol. The molecule has 21 heavy (non-hydrogen) atoms. The number of para-hydroxylation sites is 1. The lowest BCUT2D eigenvalue weighted by Gasteiger charge is -2.20. The number of hydrogen-bond acceptors (Lipinski definition) is 2. The fraction of sp³-hybridized carbons (Fsp3) is 0.500. The number of benzene rings is 1. The molecule has 5 heteroatoms. The summed E-state index contributed by atoms with van der Waals surface area (Å²) in [6.07, 6.45) is 2.35. The van der Waals surface area contributed by atoms with Gasteiger partial charge in [-0.25, -0.2) is 9.37 Å². The summed E-state index contributed by atoms with van der Waals surface area (Å²) in [5.41, 5.74) is 1.09. The van der Waals surface area contributed by atoms with E-state index in [4.69, 9.17) is 0 Å². The number of carbonyl (C=O) groups is 1. The van der Waals surface area contributed by atoms with E-state index in [9.17, 15) is 14.3 Å². The Morgan fingerprint density at radius 2 is 2.19 bits per heavy atom. The highest BCUT2D eigenvalue weighted by Gasteiger charge is 2.37. The van der Waals surface area contributed by atoms with Gasteiger partial charge in [0.05, 0.1) is 11.4 Å². The van der Waals surface area contributed by atoms with Crippen LogP contribution < -0.4 is 0 Å². The molecular formula is C16H19FN2O2. The van der Waals surface area contributed by atoms with Gasteiger partial charge in [0.1, 0.15) is 11.3 Å². The summed E-state index contributed by atoms with van der Waals surface area (Å²) in [4.78, 5) is 15.9. The van der Waals surface area contributed by atoms with E-state index in [0.717, 1.165) is 24.2 Å². The zero-order valence-electron chi connectivity index (χ0n) is 12.2. The van der Waals surface area contributed by atoms with Crippen molar-refractivity contribution in [1.29, 1.82) is 0 Å². The first-order valence-corrected chi connectivity index (χ1v) is 7.40. The van der Waals surface area contributed by atoms with E-state index in [2.05, 4.69) is 4.98 Å². The average Bonchev–Trinajstić information content (AvgIpc) is 3.02. The van der Waals surface area contributed by atoms with E-state index in [1.807, 2.05) is 24.5 Å². The van der Waals surface area contributed by atoms with Crippen LogP contribution in [0.2, 0.25) is 0 Å². The smallest absolute Gasteiger partial charge is 0.307 e. The normalized spacial score (nSPS) is 22.3. The van der Waals surface area contributed by atoms with Crippen LogP contribution >= 0.6 is 0 Å². The van der Waals surface area contributed by atoms with Gasteiger partial charge in [0.15, 0.2) is 5.82 Å². The zero-order valence-corrected chi connectivity index (χ0v) is 12.2. The molecule has 0 saturated heterocycles. The molecule has 0 amide bonds. The van der Waals surface area contributed by atoms with Crippen LogP contribution in [0.15, 0.2) is 18.2 Å². The van der Waals surface area contributed by atoms with E-state index in [1.54, 1.807) is 6.07 Å². The first-order valence-electron chi connectivity index (χ1n) is 7.40. The number of rotatable bonds is 3. The minimum atomic E-state index is -0.777. The Balaban J connectivity index is 2.20. The fourth-order valence-corrected chi connectivity index (χ4v) is 3.47. The molecule has 1 saturated carbocycles. The minimum Gasteiger partial charge on any atom is -0.481 e. The molecule has 1 aromatic heterocycles. The molecule has 2 aromatic rings. The second-order valence-corrected chi connectivity index (χ2v) is 6.02. The van der Waals surface area contributed by atoms with Crippen LogP contribution in [-0.4, -0.2) is 20.6 Å². The number of halogens is 1. The fourth-order valence-electron chi connectivity index (χ4n) is 3.47. The van der Waals surface area contributed by atoms with Gasteiger partial charge in [-0.3, -0.25) is 4.79 Å². The highest BCUT2D eigenvalue weighted by Crippen LogP contribution is 2.41. The molecule has 0 spiro atoms. The van der Waals surface area contributed by atoms with Gasteiger partial charge in [-0.2, -0.15) is 0 Å². The molecule has 1 fully saturated rings. The minimum absolute atomic E-state index is 0.113. The van der Waals surface area contributed by atoms with Crippen molar-refractivity contribution in [2.75, 3.05) is 0 Å². The lowest BCUT2D eigenvalue weighted by Crippen LogP contribution is -2.20. The van der Waals surface area contributed by atoms with Crippen LogP contribution in [0.25, 0.3) is 11.0 Å². The van der Waals surface area contributed by atoms with Gasteiger partial charge >= 0.3 is 5.97 Å². The van der Waals surface area contributed by atoms with Crippen LogP contribution in [0.3, 0.4) is 0 Å². The first kappa shape index (κ1) is 14.0. The number of hydrogen-bond donors (Lipinski definition) is 1. The maximum atomic E-state index is 14.0. The Hall–Kier alpha value is -1.91. The molecule has 112 valence electrons. The lowest BCUT2D eigenvalue weighted by molar-refractivity contribution is -0.142. The Morgan fingerprint density at radius 3 is 2.86 bits per heavy atom. The van der Waals surface area contributed by atoms with Crippen molar-refractivity contribution in [1.82, 2.24) is 9.55 Å². The summed E-state index contributed by atoms with van der Waals surface area (Å²) in [5.74, 6) is -0.951. The van der Waals surface area contributed by atoms with Crippen LogP contribution in [0.4, 0.5) is 4.39 Å². The Labute approximate surface area is 122 Å².